The number of aliphatic carboxylic acids is 1. The van der Waals surface area contributed by atoms with Gasteiger partial charge in [0.25, 0.3) is 0 Å². The molecule has 1 aromatic rings. The maximum Gasteiger partial charge on any atom is 0.303 e. The fourth-order valence-corrected chi connectivity index (χ4v) is 2.65. The van der Waals surface area contributed by atoms with E-state index in [0.29, 0.717) is 12.3 Å². The van der Waals surface area contributed by atoms with E-state index in [-0.39, 0.29) is 6.42 Å². The summed E-state index contributed by atoms with van der Waals surface area (Å²) in [7, 11) is 0. The zero-order valence-electron chi connectivity index (χ0n) is 8.48. The molecular weight excluding hydrogens is 208 g/mol. The molecule has 1 heterocycles. The van der Waals surface area contributed by atoms with Crippen molar-refractivity contribution in [1.29, 1.82) is 0 Å². The Morgan fingerprint density at radius 1 is 1.40 bits per heavy atom. The second-order valence-electron chi connectivity index (χ2n) is 3.83. The third-order valence-electron chi connectivity index (χ3n) is 2.74. The highest BCUT2D eigenvalue weighted by Gasteiger charge is 2.22. The molecule has 0 atom stereocenters. The SMILES string of the molecule is O=C(O)CCc1ccccc1C1CSC1. The number of hydrogen-bond donors (Lipinski definition) is 1. The Labute approximate surface area is 93.7 Å². The number of hydrogen-bond acceptors (Lipinski definition) is 2. The molecule has 0 aliphatic carbocycles. The topological polar surface area (TPSA) is 37.3 Å². The van der Waals surface area contributed by atoms with Crippen LogP contribution in [0.3, 0.4) is 0 Å². The highest BCUT2D eigenvalue weighted by molar-refractivity contribution is 8.00. The molecule has 1 aliphatic rings. The Morgan fingerprint density at radius 3 is 2.73 bits per heavy atom. The quantitative estimate of drug-likeness (QED) is 0.850. The van der Waals surface area contributed by atoms with Crippen LogP contribution in [-0.2, 0) is 11.2 Å². The standard InChI is InChI=1S/C12H14O2S/c13-12(14)6-5-9-3-1-2-4-11(9)10-7-15-8-10/h1-4,10H,5-8H2,(H,13,14). The molecule has 1 saturated heterocycles. The summed E-state index contributed by atoms with van der Waals surface area (Å²) >= 11 is 1.96. The van der Waals surface area contributed by atoms with E-state index in [4.69, 9.17) is 5.11 Å². The Morgan fingerprint density at radius 2 is 2.13 bits per heavy atom. The van der Waals surface area contributed by atoms with Gasteiger partial charge in [-0.1, -0.05) is 24.3 Å². The van der Waals surface area contributed by atoms with Crippen LogP contribution in [0, 0.1) is 0 Å². The van der Waals surface area contributed by atoms with Crippen LogP contribution in [0.1, 0.15) is 23.5 Å². The predicted molar refractivity (Wildman–Crippen MR) is 62.5 cm³/mol. The first-order valence-corrected chi connectivity index (χ1v) is 6.30. The van der Waals surface area contributed by atoms with Crippen molar-refractivity contribution in [3.63, 3.8) is 0 Å². The van der Waals surface area contributed by atoms with Crippen molar-refractivity contribution >= 4 is 17.7 Å². The highest BCUT2D eigenvalue weighted by atomic mass is 32.2. The van der Waals surface area contributed by atoms with Gasteiger partial charge in [-0.15, -0.1) is 0 Å². The van der Waals surface area contributed by atoms with E-state index < -0.39 is 5.97 Å². The van der Waals surface area contributed by atoms with Gasteiger partial charge in [-0.2, -0.15) is 11.8 Å². The van der Waals surface area contributed by atoms with Crippen molar-refractivity contribution in [3.8, 4) is 0 Å². The zero-order valence-corrected chi connectivity index (χ0v) is 9.30. The van der Waals surface area contributed by atoms with Crippen LogP contribution >= 0.6 is 11.8 Å². The lowest BCUT2D eigenvalue weighted by molar-refractivity contribution is -0.136. The molecule has 0 bridgehead atoms. The van der Waals surface area contributed by atoms with E-state index in [1.54, 1.807) is 0 Å². The zero-order chi connectivity index (χ0) is 10.7. The minimum absolute atomic E-state index is 0.233. The third-order valence-corrected chi connectivity index (χ3v) is 4.02. The normalized spacial score (nSPS) is 16.0. The first-order chi connectivity index (χ1) is 7.27. The third kappa shape index (κ3) is 2.53. The Bertz CT molecular complexity index is 358. The van der Waals surface area contributed by atoms with Crippen molar-refractivity contribution in [2.24, 2.45) is 0 Å². The van der Waals surface area contributed by atoms with E-state index in [0.717, 1.165) is 0 Å². The molecule has 0 saturated carbocycles. The smallest absolute Gasteiger partial charge is 0.303 e. The minimum atomic E-state index is -0.715. The van der Waals surface area contributed by atoms with Crippen molar-refractivity contribution in [1.82, 2.24) is 0 Å². The number of benzene rings is 1. The summed E-state index contributed by atoms with van der Waals surface area (Å²) in [6, 6.07) is 8.23. The largest absolute Gasteiger partial charge is 0.481 e. The van der Waals surface area contributed by atoms with Crippen molar-refractivity contribution in [2.45, 2.75) is 18.8 Å². The Balaban J connectivity index is 2.10. The van der Waals surface area contributed by atoms with Gasteiger partial charge in [0, 0.05) is 23.8 Å². The molecular formula is C12H14O2S. The van der Waals surface area contributed by atoms with Crippen LogP contribution in [0.2, 0.25) is 0 Å². The molecule has 0 radical (unpaired) electrons. The fraction of sp³-hybridized carbons (Fsp3) is 0.417. The summed E-state index contributed by atoms with van der Waals surface area (Å²) in [5, 5.41) is 8.67. The molecule has 3 heteroatoms. The molecule has 1 N–H and O–H groups in total. The molecule has 0 unspecified atom stereocenters. The maximum absolute atomic E-state index is 10.5. The van der Waals surface area contributed by atoms with Gasteiger partial charge in [-0.25, -0.2) is 0 Å². The Kier molecular flexibility index (Phi) is 3.31. The lowest BCUT2D eigenvalue weighted by atomic mass is 9.94. The number of carboxylic acid groups (broad SMARTS) is 1. The summed E-state index contributed by atoms with van der Waals surface area (Å²) in [5.74, 6) is 2.31. The van der Waals surface area contributed by atoms with Crippen LogP contribution < -0.4 is 0 Å². The molecule has 15 heavy (non-hydrogen) atoms. The second-order valence-corrected chi connectivity index (χ2v) is 4.90. The highest BCUT2D eigenvalue weighted by Crippen LogP contribution is 2.35. The first-order valence-electron chi connectivity index (χ1n) is 5.14. The molecule has 0 amide bonds. The van der Waals surface area contributed by atoms with Crippen molar-refractivity contribution in [3.05, 3.63) is 35.4 Å². The van der Waals surface area contributed by atoms with E-state index >= 15 is 0 Å². The number of aryl methyl sites for hydroxylation is 1. The number of thioether (sulfide) groups is 1. The lowest BCUT2D eigenvalue weighted by Gasteiger charge is -2.27. The lowest BCUT2D eigenvalue weighted by Crippen LogP contribution is -2.17. The van der Waals surface area contributed by atoms with Gasteiger partial charge < -0.3 is 5.11 Å². The molecule has 0 spiro atoms. The molecule has 1 fully saturated rings. The van der Waals surface area contributed by atoms with Gasteiger partial charge in [0.05, 0.1) is 0 Å². The average Bonchev–Trinajstić information content (AvgIpc) is 2.14. The summed E-state index contributed by atoms with van der Waals surface area (Å²) in [6.07, 6.45) is 0.892. The average molecular weight is 222 g/mol. The molecule has 1 aliphatic heterocycles. The van der Waals surface area contributed by atoms with Gasteiger partial charge in [0.15, 0.2) is 0 Å². The molecule has 2 rings (SSSR count). The summed E-state index contributed by atoms with van der Waals surface area (Å²) in [5.41, 5.74) is 2.57. The van der Waals surface area contributed by atoms with E-state index in [2.05, 4.69) is 12.1 Å². The van der Waals surface area contributed by atoms with Crippen LogP contribution in [-0.4, -0.2) is 22.6 Å². The van der Waals surface area contributed by atoms with Gasteiger partial charge in [-0.3, -0.25) is 4.79 Å². The van der Waals surface area contributed by atoms with Crippen LogP contribution in [0.4, 0.5) is 0 Å². The van der Waals surface area contributed by atoms with Gasteiger partial charge >= 0.3 is 5.97 Å². The summed E-state index contributed by atoms with van der Waals surface area (Å²) < 4.78 is 0. The van der Waals surface area contributed by atoms with E-state index in [1.807, 2.05) is 23.9 Å². The molecule has 1 aromatic carbocycles. The van der Waals surface area contributed by atoms with Crippen LogP contribution in [0.5, 0.6) is 0 Å². The molecule has 2 nitrogen and oxygen atoms in total. The monoisotopic (exact) mass is 222 g/mol. The van der Waals surface area contributed by atoms with Gasteiger partial charge in [0.1, 0.15) is 0 Å². The van der Waals surface area contributed by atoms with E-state index in [1.165, 1.54) is 22.6 Å². The maximum atomic E-state index is 10.5. The number of rotatable bonds is 4. The van der Waals surface area contributed by atoms with Crippen molar-refractivity contribution in [2.75, 3.05) is 11.5 Å². The minimum Gasteiger partial charge on any atom is -0.481 e. The molecule has 80 valence electrons. The molecule has 0 aromatic heterocycles. The number of carbonyl (C=O) groups is 1. The number of carboxylic acids is 1. The van der Waals surface area contributed by atoms with Gasteiger partial charge in [-0.05, 0) is 17.5 Å². The van der Waals surface area contributed by atoms with Crippen LogP contribution in [0.15, 0.2) is 24.3 Å². The fourth-order valence-electron chi connectivity index (χ4n) is 1.82. The van der Waals surface area contributed by atoms with Gasteiger partial charge in [0.2, 0.25) is 0 Å². The first kappa shape index (κ1) is 10.6. The second kappa shape index (κ2) is 4.71. The summed E-state index contributed by atoms with van der Waals surface area (Å²) in [6.45, 7) is 0. The Hall–Kier alpha value is -0.960. The predicted octanol–water partition coefficient (Wildman–Crippen LogP) is 2.53. The van der Waals surface area contributed by atoms with Crippen molar-refractivity contribution < 1.29 is 9.90 Å². The summed E-state index contributed by atoms with van der Waals surface area (Å²) in [4.78, 5) is 10.5. The van der Waals surface area contributed by atoms with Crippen LogP contribution in [0.25, 0.3) is 0 Å². The van der Waals surface area contributed by atoms with E-state index in [9.17, 15) is 4.79 Å².